The first kappa shape index (κ1) is 26.7. The van der Waals surface area contributed by atoms with Crippen LogP contribution in [0.15, 0.2) is 152 Å². The van der Waals surface area contributed by atoms with Crippen LogP contribution in [0.2, 0.25) is 10.0 Å². The number of anilines is 6. The van der Waals surface area contributed by atoms with Gasteiger partial charge in [-0.1, -0.05) is 89.9 Å². The Morgan fingerprint density at radius 3 is 1.39 bits per heavy atom. The number of hydrogen-bond acceptors (Lipinski definition) is 2. The molecule has 0 unspecified atom stereocenters. The first-order valence-electron chi connectivity index (χ1n) is 13.5. The van der Waals surface area contributed by atoms with Crippen LogP contribution in [0.3, 0.4) is 0 Å². The average molecular weight is 572 g/mol. The summed E-state index contributed by atoms with van der Waals surface area (Å²) >= 11 is 12.8. The number of halogens is 2. The molecule has 0 aliphatic heterocycles. The highest BCUT2D eigenvalue weighted by Gasteiger charge is 2.16. The summed E-state index contributed by atoms with van der Waals surface area (Å²) in [4.78, 5) is 4.46. The first-order valence-corrected chi connectivity index (χ1v) is 14.2. The van der Waals surface area contributed by atoms with E-state index in [1.165, 1.54) is 5.56 Å². The molecular formula is C37H28Cl2N2. The van der Waals surface area contributed by atoms with Gasteiger partial charge in [-0.15, -0.1) is 0 Å². The molecule has 0 bridgehead atoms. The van der Waals surface area contributed by atoms with E-state index in [0.29, 0.717) is 10.0 Å². The van der Waals surface area contributed by atoms with E-state index < -0.39 is 0 Å². The molecule has 0 aliphatic carbocycles. The van der Waals surface area contributed by atoms with Crippen molar-refractivity contribution in [3.05, 3.63) is 167 Å². The maximum atomic E-state index is 6.39. The summed E-state index contributed by atoms with van der Waals surface area (Å²) in [6.45, 7) is 2.16. The Hall–Kier alpha value is -4.50. The Kier molecular flexibility index (Phi) is 7.78. The Morgan fingerprint density at radius 2 is 0.854 bits per heavy atom. The molecule has 0 heterocycles. The van der Waals surface area contributed by atoms with Crippen molar-refractivity contribution >= 4 is 57.3 Å². The quantitative estimate of drug-likeness (QED) is 0.188. The van der Waals surface area contributed by atoms with Gasteiger partial charge in [0.05, 0.1) is 0 Å². The van der Waals surface area contributed by atoms with E-state index in [1.54, 1.807) is 0 Å². The second-order valence-electron chi connectivity index (χ2n) is 9.85. The molecule has 0 fully saturated rings. The van der Waals surface area contributed by atoms with E-state index in [2.05, 4.69) is 108 Å². The lowest BCUT2D eigenvalue weighted by Gasteiger charge is -2.27. The van der Waals surface area contributed by atoms with Crippen molar-refractivity contribution < 1.29 is 0 Å². The molecule has 0 amide bonds. The van der Waals surface area contributed by atoms with Crippen LogP contribution in [0.1, 0.15) is 5.56 Å². The lowest BCUT2D eigenvalue weighted by molar-refractivity contribution is 1.25. The number of rotatable bonds is 7. The van der Waals surface area contributed by atoms with Gasteiger partial charge in [0.2, 0.25) is 0 Å². The smallest absolute Gasteiger partial charge is 0.0491 e. The molecule has 41 heavy (non-hydrogen) atoms. The summed E-state index contributed by atoms with van der Waals surface area (Å²) < 4.78 is 0. The second kappa shape index (κ2) is 11.9. The fraction of sp³-hybridized carbons (Fsp3) is 0.0270. The molecule has 0 saturated carbocycles. The number of benzene rings is 6. The van der Waals surface area contributed by atoms with E-state index in [9.17, 15) is 0 Å². The molecule has 0 atom stereocenters. The van der Waals surface area contributed by atoms with Crippen molar-refractivity contribution in [3.8, 4) is 11.1 Å². The maximum Gasteiger partial charge on any atom is 0.0491 e. The lowest BCUT2D eigenvalue weighted by Crippen LogP contribution is -2.11. The summed E-state index contributed by atoms with van der Waals surface area (Å²) in [5, 5.41) is 1.41. The zero-order chi connectivity index (χ0) is 28.2. The van der Waals surface area contributed by atoms with Gasteiger partial charge in [0.1, 0.15) is 0 Å². The maximum absolute atomic E-state index is 6.39. The summed E-state index contributed by atoms with van der Waals surface area (Å²) in [6.07, 6.45) is 0. The normalized spacial score (nSPS) is 10.8. The predicted octanol–water partition coefficient (Wildman–Crippen LogP) is 11.9. The van der Waals surface area contributed by atoms with Crippen molar-refractivity contribution in [3.63, 3.8) is 0 Å². The monoisotopic (exact) mass is 570 g/mol. The van der Waals surface area contributed by atoms with Gasteiger partial charge in [0.25, 0.3) is 0 Å². The average Bonchev–Trinajstić information content (AvgIpc) is 3.00. The fourth-order valence-corrected chi connectivity index (χ4v) is 5.52. The highest BCUT2D eigenvalue weighted by molar-refractivity contribution is 6.31. The van der Waals surface area contributed by atoms with E-state index >= 15 is 0 Å². The van der Waals surface area contributed by atoms with Gasteiger partial charge >= 0.3 is 0 Å². The molecule has 0 radical (unpaired) electrons. The third kappa shape index (κ3) is 5.85. The molecule has 6 aromatic carbocycles. The van der Waals surface area contributed by atoms with E-state index in [4.69, 9.17) is 23.2 Å². The second-order valence-corrected chi connectivity index (χ2v) is 10.7. The van der Waals surface area contributed by atoms with Crippen LogP contribution < -0.4 is 9.80 Å². The minimum atomic E-state index is 0.706. The highest BCUT2D eigenvalue weighted by atomic mass is 35.5. The Bertz CT molecular complexity index is 1770. The Balaban J connectivity index is 1.35. The van der Waals surface area contributed by atoms with Gasteiger partial charge in [-0.2, -0.15) is 0 Å². The van der Waals surface area contributed by atoms with Gasteiger partial charge in [-0.25, -0.2) is 0 Å². The van der Waals surface area contributed by atoms with Crippen LogP contribution in [-0.2, 0) is 0 Å². The van der Waals surface area contributed by atoms with Crippen molar-refractivity contribution in [2.24, 2.45) is 0 Å². The molecule has 4 heteroatoms. The van der Waals surface area contributed by atoms with Gasteiger partial charge in [-0.3, -0.25) is 0 Å². The SMILES string of the molecule is Cc1cc(-c2ccc(N(c3ccccc3)c3cccc(Cl)c3)cc2)ccc1N(c1ccccc1)c1cccc(Cl)c1. The summed E-state index contributed by atoms with van der Waals surface area (Å²) in [5.74, 6) is 0. The standard InChI is InChI=1S/C37H28Cl2N2/c1-27-24-29(20-23-37(27)41(33-14-6-3-7-15-33)36-17-9-11-31(39)26-36)28-18-21-34(22-19-28)40(32-12-4-2-5-13-32)35-16-8-10-30(38)25-35/h2-26H,1H3. The highest BCUT2D eigenvalue weighted by Crippen LogP contribution is 2.40. The fourth-order valence-electron chi connectivity index (χ4n) is 5.15. The molecule has 200 valence electrons. The van der Waals surface area contributed by atoms with Crippen LogP contribution in [0.5, 0.6) is 0 Å². The van der Waals surface area contributed by atoms with Gasteiger partial charge in [0.15, 0.2) is 0 Å². The largest absolute Gasteiger partial charge is 0.310 e. The van der Waals surface area contributed by atoms with E-state index in [0.717, 1.165) is 45.3 Å². The summed E-state index contributed by atoms with van der Waals surface area (Å²) in [6, 6.07) is 51.9. The van der Waals surface area contributed by atoms with Crippen LogP contribution in [0.4, 0.5) is 34.1 Å². The summed E-state index contributed by atoms with van der Waals surface area (Å²) in [7, 11) is 0. The zero-order valence-corrected chi connectivity index (χ0v) is 24.1. The van der Waals surface area contributed by atoms with Crippen molar-refractivity contribution in [1.29, 1.82) is 0 Å². The molecule has 0 N–H and O–H groups in total. The molecule has 0 spiro atoms. The van der Waals surface area contributed by atoms with Gasteiger partial charge in [0, 0.05) is 44.2 Å². The van der Waals surface area contributed by atoms with Crippen LogP contribution in [0, 0.1) is 6.92 Å². The zero-order valence-electron chi connectivity index (χ0n) is 22.6. The molecule has 6 rings (SSSR count). The minimum Gasteiger partial charge on any atom is -0.310 e. The molecule has 0 aromatic heterocycles. The predicted molar refractivity (Wildman–Crippen MR) is 176 cm³/mol. The Labute approximate surface area is 251 Å². The first-order chi connectivity index (χ1) is 20.1. The molecule has 0 aliphatic rings. The third-order valence-corrected chi connectivity index (χ3v) is 7.53. The topological polar surface area (TPSA) is 6.48 Å². The third-order valence-electron chi connectivity index (χ3n) is 7.06. The Morgan fingerprint density at radius 1 is 0.390 bits per heavy atom. The van der Waals surface area contributed by atoms with Gasteiger partial charge < -0.3 is 9.80 Å². The van der Waals surface area contributed by atoms with Crippen LogP contribution >= 0.6 is 23.2 Å². The van der Waals surface area contributed by atoms with E-state index in [1.807, 2.05) is 60.7 Å². The molecule has 6 aromatic rings. The molecule has 0 saturated heterocycles. The number of aryl methyl sites for hydroxylation is 1. The van der Waals surface area contributed by atoms with Crippen LogP contribution in [0.25, 0.3) is 11.1 Å². The number of nitrogens with zero attached hydrogens (tertiary/aromatic N) is 2. The molecular weight excluding hydrogens is 543 g/mol. The van der Waals surface area contributed by atoms with Crippen LogP contribution in [-0.4, -0.2) is 0 Å². The van der Waals surface area contributed by atoms with Gasteiger partial charge in [-0.05, 0) is 109 Å². The van der Waals surface area contributed by atoms with Crippen molar-refractivity contribution in [2.75, 3.05) is 9.80 Å². The molecule has 2 nitrogen and oxygen atoms in total. The minimum absolute atomic E-state index is 0.706. The van der Waals surface area contributed by atoms with E-state index in [-0.39, 0.29) is 0 Å². The number of para-hydroxylation sites is 2. The van der Waals surface area contributed by atoms with Crippen molar-refractivity contribution in [2.45, 2.75) is 6.92 Å². The lowest BCUT2D eigenvalue weighted by atomic mass is 10.0. The summed E-state index contributed by atoms with van der Waals surface area (Å²) in [5.41, 5.74) is 9.83. The number of hydrogen-bond donors (Lipinski definition) is 0. The van der Waals surface area contributed by atoms with Crippen molar-refractivity contribution in [1.82, 2.24) is 0 Å².